The number of pyridine rings is 1. The van der Waals surface area contributed by atoms with Gasteiger partial charge in [-0.05, 0) is 46.0 Å². The third-order valence-corrected chi connectivity index (χ3v) is 6.32. The van der Waals surface area contributed by atoms with Crippen LogP contribution in [0.4, 0.5) is 0 Å². The third-order valence-electron chi connectivity index (χ3n) is 5.02. The summed E-state index contributed by atoms with van der Waals surface area (Å²) in [6.07, 6.45) is 1.70. The van der Waals surface area contributed by atoms with Gasteiger partial charge in [-0.15, -0.1) is 0 Å². The Morgan fingerprint density at radius 2 is 2.12 bits per heavy atom. The molecule has 0 fully saturated rings. The number of hydrogen-bond acceptors (Lipinski definition) is 6. The molecule has 7 heteroatoms. The van der Waals surface area contributed by atoms with Gasteiger partial charge in [0.1, 0.15) is 11.6 Å². The van der Waals surface area contributed by atoms with Crippen molar-refractivity contribution in [1.29, 1.82) is 5.26 Å². The van der Waals surface area contributed by atoms with Gasteiger partial charge in [0.25, 0.3) is 5.56 Å². The zero-order valence-corrected chi connectivity index (χ0v) is 16.6. The van der Waals surface area contributed by atoms with E-state index in [4.69, 9.17) is 0 Å². The maximum Gasteiger partial charge on any atom is 0.272 e. The second kappa shape index (κ2) is 6.86. The lowest BCUT2D eigenvalue weighted by Crippen LogP contribution is -2.36. The molecule has 2 aromatic heterocycles. The zero-order valence-electron chi connectivity index (χ0n) is 15.8. The van der Waals surface area contributed by atoms with Crippen LogP contribution < -0.4 is 5.56 Å². The number of aromatic nitrogens is 3. The molecule has 0 aromatic carbocycles. The summed E-state index contributed by atoms with van der Waals surface area (Å²) in [5.41, 5.74) is 1.65. The molecule has 0 bridgehead atoms. The molecule has 0 unspecified atom stereocenters. The molecule has 26 heavy (non-hydrogen) atoms. The zero-order chi connectivity index (χ0) is 19.1. The molecule has 0 spiro atoms. The lowest BCUT2D eigenvalue weighted by atomic mass is 9.97. The van der Waals surface area contributed by atoms with Gasteiger partial charge in [-0.25, -0.2) is 4.98 Å². The Morgan fingerprint density at radius 3 is 2.69 bits per heavy atom. The predicted molar refractivity (Wildman–Crippen MR) is 103 cm³/mol. The summed E-state index contributed by atoms with van der Waals surface area (Å²) in [6.45, 7) is 6.89. The molecule has 0 saturated carbocycles. The highest BCUT2D eigenvalue weighted by Crippen LogP contribution is 2.29. The minimum atomic E-state index is -0.260. The van der Waals surface area contributed by atoms with Crippen LogP contribution in [-0.4, -0.2) is 39.3 Å². The molecule has 1 aliphatic rings. The van der Waals surface area contributed by atoms with Crippen molar-refractivity contribution in [3.8, 4) is 17.3 Å². The van der Waals surface area contributed by atoms with Crippen LogP contribution in [0.25, 0.3) is 11.3 Å². The first-order valence-electron chi connectivity index (χ1n) is 8.57. The van der Waals surface area contributed by atoms with Crippen LogP contribution in [0.15, 0.2) is 28.3 Å². The summed E-state index contributed by atoms with van der Waals surface area (Å²) in [5, 5.41) is 10.2. The Hall–Kier alpha value is -2.17. The SMILES string of the molecule is C[C@H]1CSc2nc(-c3ccc(C(C)(C)N(C)C)nc3)c(C#N)c(=O)n2C1. The van der Waals surface area contributed by atoms with Gasteiger partial charge < -0.3 is 0 Å². The number of rotatable bonds is 3. The lowest BCUT2D eigenvalue weighted by molar-refractivity contribution is 0.192. The number of nitriles is 1. The number of nitrogens with zero attached hydrogens (tertiary/aromatic N) is 5. The molecule has 1 atom stereocenters. The summed E-state index contributed by atoms with van der Waals surface area (Å²) in [7, 11) is 4.02. The highest BCUT2D eigenvalue weighted by Gasteiger charge is 2.26. The van der Waals surface area contributed by atoms with Crippen molar-refractivity contribution in [2.75, 3.05) is 19.8 Å². The number of thioether (sulfide) groups is 1. The summed E-state index contributed by atoms with van der Waals surface area (Å²) in [4.78, 5) is 24.1. The van der Waals surface area contributed by atoms with Crippen molar-refractivity contribution < 1.29 is 0 Å². The first kappa shape index (κ1) is 18.6. The monoisotopic (exact) mass is 369 g/mol. The quantitative estimate of drug-likeness (QED) is 0.775. The maximum atomic E-state index is 12.8. The van der Waals surface area contributed by atoms with E-state index in [0.29, 0.717) is 28.9 Å². The number of fused-ring (bicyclic) bond motifs is 1. The normalized spacial score (nSPS) is 17.0. The lowest BCUT2D eigenvalue weighted by Gasteiger charge is -2.32. The molecule has 3 heterocycles. The van der Waals surface area contributed by atoms with Crippen LogP contribution in [0.1, 0.15) is 32.0 Å². The predicted octanol–water partition coefficient (Wildman–Crippen LogP) is 2.72. The van der Waals surface area contributed by atoms with E-state index in [0.717, 1.165) is 11.4 Å². The average molecular weight is 369 g/mol. The van der Waals surface area contributed by atoms with E-state index in [1.165, 1.54) is 0 Å². The van der Waals surface area contributed by atoms with Crippen molar-refractivity contribution in [1.82, 2.24) is 19.4 Å². The van der Waals surface area contributed by atoms with Crippen LogP contribution >= 0.6 is 11.8 Å². The summed E-state index contributed by atoms with van der Waals surface area (Å²) >= 11 is 1.57. The fourth-order valence-electron chi connectivity index (χ4n) is 2.82. The van der Waals surface area contributed by atoms with Crippen molar-refractivity contribution in [3.05, 3.63) is 39.9 Å². The standard InChI is InChI=1S/C19H23N5OS/c1-12-10-24-17(25)14(8-20)16(22-18(24)26-11-12)13-6-7-15(21-9-13)19(2,3)23(4)5/h6-7,9,12H,10-11H2,1-5H3/t12-/m1/s1. The Balaban J connectivity index is 2.09. The molecule has 0 amide bonds. The van der Waals surface area contributed by atoms with Gasteiger partial charge in [0.15, 0.2) is 5.16 Å². The Morgan fingerprint density at radius 1 is 1.38 bits per heavy atom. The van der Waals surface area contributed by atoms with E-state index >= 15 is 0 Å². The smallest absolute Gasteiger partial charge is 0.272 e. The van der Waals surface area contributed by atoms with Gasteiger partial charge in [0, 0.05) is 24.1 Å². The molecule has 1 aliphatic heterocycles. The van der Waals surface area contributed by atoms with Crippen molar-refractivity contribution in [2.45, 2.75) is 38.0 Å². The first-order chi connectivity index (χ1) is 12.3. The minimum absolute atomic E-state index is 0.0878. The molecular weight excluding hydrogens is 346 g/mol. The fraction of sp³-hybridized carbons (Fsp3) is 0.474. The van der Waals surface area contributed by atoms with Crippen molar-refractivity contribution >= 4 is 11.8 Å². The maximum absolute atomic E-state index is 12.8. The largest absolute Gasteiger partial charge is 0.299 e. The molecule has 6 nitrogen and oxygen atoms in total. The second-order valence-corrected chi connectivity index (χ2v) is 8.43. The molecule has 0 radical (unpaired) electrons. The Bertz CT molecular complexity index is 925. The van der Waals surface area contributed by atoms with Crippen molar-refractivity contribution in [3.63, 3.8) is 0 Å². The van der Waals surface area contributed by atoms with Crippen LogP contribution in [0.3, 0.4) is 0 Å². The van der Waals surface area contributed by atoms with Gasteiger partial charge in [-0.1, -0.05) is 18.7 Å². The Labute approximate surface area is 157 Å². The minimum Gasteiger partial charge on any atom is -0.299 e. The molecule has 0 aliphatic carbocycles. The van der Waals surface area contributed by atoms with Gasteiger partial charge in [0.2, 0.25) is 0 Å². The van der Waals surface area contributed by atoms with E-state index in [9.17, 15) is 10.1 Å². The van der Waals surface area contributed by atoms with Gasteiger partial charge >= 0.3 is 0 Å². The fourth-order valence-corrected chi connectivity index (χ4v) is 3.83. The van der Waals surface area contributed by atoms with Crippen LogP contribution in [0.2, 0.25) is 0 Å². The topological polar surface area (TPSA) is 74.8 Å². The van der Waals surface area contributed by atoms with E-state index in [2.05, 4.69) is 35.6 Å². The van der Waals surface area contributed by atoms with Gasteiger partial charge in [-0.3, -0.25) is 19.2 Å². The molecule has 0 N–H and O–H groups in total. The van der Waals surface area contributed by atoms with Crippen LogP contribution in [-0.2, 0) is 12.1 Å². The Kier molecular flexibility index (Phi) is 4.91. The van der Waals surface area contributed by atoms with Gasteiger partial charge in [-0.2, -0.15) is 5.26 Å². The molecule has 0 saturated heterocycles. The molecule has 3 rings (SSSR count). The molecule has 2 aromatic rings. The summed E-state index contributed by atoms with van der Waals surface area (Å²) in [5.74, 6) is 1.31. The molecular formula is C19H23N5OS. The highest BCUT2D eigenvalue weighted by atomic mass is 32.2. The van der Waals surface area contributed by atoms with E-state index in [-0.39, 0.29) is 16.7 Å². The summed E-state index contributed by atoms with van der Waals surface area (Å²) in [6, 6.07) is 5.88. The third kappa shape index (κ3) is 3.15. The molecule has 136 valence electrons. The second-order valence-electron chi connectivity index (χ2n) is 7.45. The first-order valence-corrected chi connectivity index (χ1v) is 9.56. The summed E-state index contributed by atoms with van der Waals surface area (Å²) < 4.78 is 1.62. The highest BCUT2D eigenvalue weighted by molar-refractivity contribution is 7.99. The van der Waals surface area contributed by atoms with Crippen LogP contribution in [0, 0.1) is 17.2 Å². The van der Waals surface area contributed by atoms with E-state index in [1.54, 1.807) is 22.5 Å². The average Bonchev–Trinajstić information content (AvgIpc) is 2.62. The van der Waals surface area contributed by atoms with E-state index < -0.39 is 0 Å². The van der Waals surface area contributed by atoms with Gasteiger partial charge in [0.05, 0.1) is 16.9 Å². The number of hydrogen-bond donors (Lipinski definition) is 0. The van der Waals surface area contributed by atoms with E-state index in [1.807, 2.05) is 32.3 Å². The van der Waals surface area contributed by atoms with Crippen LogP contribution in [0.5, 0.6) is 0 Å². The van der Waals surface area contributed by atoms with Crippen molar-refractivity contribution in [2.24, 2.45) is 5.92 Å².